The molecule has 1 atom stereocenters. The molecule has 6 heteroatoms. The average Bonchev–Trinajstić information content (AvgIpc) is 2.36. The van der Waals surface area contributed by atoms with Gasteiger partial charge in [-0.05, 0) is 31.5 Å². The third kappa shape index (κ3) is 6.14. The first-order chi connectivity index (χ1) is 8.54. The number of esters is 1. The summed E-state index contributed by atoms with van der Waals surface area (Å²) in [6.07, 6.45) is 1.04. The molecule has 0 aliphatic heterocycles. The van der Waals surface area contributed by atoms with Crippen LogP contribution in [0, 0.1) is 0 Å². The standard InChI is InChI=1S/C13H19ClN2O2.ClH/c1-3-9(2)16-6-7-18-13(17)11-8-10(15)4-5-12(11)14;/h4-5,8-9,16H,3,6-7,15H2,1-2H3;1H. The molecule has 0 aromatic heterocycles. The number of rotatable bonds is 6. The van der Waals surface area contributed by atoms with Crippen molar-refractivity contribution < 1.29 is 9.53 Å². The number of nitrogens with one attached hydrogen (secondary N) is 1. The van der Waals surface area contributed by atoms with Crippen molar-refractivity contribution >= 4 is 35.7 Å². The second-order valence-electron chi connectivity index (χ2n) is 4.14. The predicted molar refractivity (Wildman–Crippen MR) is 81.2 cm³/mol. The molecule has 0 radical (unpaired) electrons. The Labute approximate surface area is 125 Å². The molecule has 0 amide bonds. The molecular formula is C13H20Cl2N2O2. The first-order valence-electron chi connectivity index (χ1n) is 6.00. The van der Waals surface area contributed by atoms with Gasteiger partial charge in [-0.2, -0.15) is 0 Å². The Hall–Kier alpha value is -0.970. The lowest BCUT2D eigenvalue weighted by atomic mass is 10.2. The number of benzene rings is 1. The summed E-state index contributed by atoms with van der Waals surface area (Å²) >= 11 is 5.90. The largest absolute Gasteiger partial charge is 0.461 e. The van der Waals surface area contributed by atoms with Crippen molar-refractivity contribution in [2.75, 3.05) is 18.9 Å². The Morgan fingerprint density at radius 3 is 2.84 bits per heavy atom. The quantitative estimate of drug-likeness (QED) is 0.482. The van der Waals surface area contributed by atoms with Crippen molar-refractivity contribution in [3.05, 3.63) is 28.8 Å². The predicted octanol–water partition coefficient (Wildman–Crippen LogP) is 2.89. The molecule has 0 fully saturated rings. The number of hydrogen-bond acceptors (Lipinski definition) is 4. The fourth-order valence-corrected chi connectivity index (χ4v) is 1.57. The third-order valence-corrected chi connectivity index (χ3v) is 2.98. The zero-order valence-corrected chi connectivity index (χ0v) is 12.7. The highest BCUT2D eigenvalue weighted by molar-refractivity contribution is 6.33. The molecule has 4 nitrogen and oxygen atoms in total. The second-order valence-corrected chi connectivity index (χ2v) is 4.55. The lowest BCUT2D eigenvalue weighted by molar-refractivity contribution is 0.0506. The number of carbonyl (C=O) groups is 1. The molecule has 0 bridgehead atoms. The highest BCUT2D eigenvalue weighted by atomic mass is 35.5. The molecule has 3 N–H and O–H groups in total. The molecular weight excluding hydrogens is 287 g/mol. The van der Waals surface area contributed by atoms with E-state index in [4.69, 9.17) is 22.1 Å². The summed E-state index contributed by atoms with van der Waals surface area (Å²) < 4.78 is 5.12. The highest BCUT2D eigenvalue weighted by Crippen LogP contribution is 2.19. The molecule has 1 aromatic rings. The molecule has 0 saturated heterocycles. The van der Waals surface area contributed by atoms with Crippen molar-refractivity contribution in [3.63, 3.8) is 0 Å². The Morgan fingerprint density at radius 2 is 2.21 bits per heavy atom. The van der Waals surface area contributed by atoms with Gasteiger partial charge >= 0.3 is 5.97 Å². The molecule has 0 aliphatic rings. The maximum atomic E-state index is 11.7. The summed E-state index contributed by atoms with van der Waals surface area (Å²) in [5, 5.41) is 3.58. The zero-order valence-electron chi connectivity index (χ0n) is 11.1. The van der Waals surface area contributed by atoms with Gasteiger partial charge in [-0.3, -0.25) is 0 Å². The third-order valence-electron chi connectivity index (χ3n) is 2.65. The highest BCUT2D eigenvalue weighted by Gasteiger charge is 2.12. The van der Waals surface area contributed by atoms with Crippen LogP contribution in [0.4, 0.5) is 5.69 Å². The van der Waals surface area contributed by atoms with E-state index in [1.54, 1.807) is 12.1 Å². The van der Waals surface area contributed by atoms with Crippen molar-refractivity contribution in [1.82, 2.24) is 5.32 Å². The van der Waals surface area contributed by atoms with Gasteiger partial charge < -0.3 is 15.8 Å². The minimum Gasteiger partial charge on any atom is -0.461 e. The van der Waals surface area contributed by atoms with Crippen LogP contribution in [0.25, 0.3) is 0 Å². The van der Waals surface area contributed by atoms with Gasteiger partial charge in [0.05, 0.1) is 10.6 Å². The molecule has 1 rings (SSSR count). The SMILES string of the molecule is CCC(C)NCCOC(=O)c1cc(N)ccc1Cl.Cl. The van der Waals surface area contributed by atoms with E-state index in [0.717, 1.165) is 6.42 Å². The van der Waals surface area contributed by atoms with Crippen molar-refractivity contribution in [1.29, 1.82) is 0 Å². The van der Waals surface area contributed by atoms with E-state index in [1.807, 2.05) is 0 Å². The molecule has 0 saturated carbocycles. The van der Waals surface area contributed by atoms with Crippen LogP contribution in [0.2, 0.25) is 5.02 Å². The fourth-order valence-electron chi connectivity index (χ4n) is 1.37. The fraction of sp³-hybridized carbons (Fsp3) is 0.462. The maximum Gasteiger partial charge on any atom is 0.339 e. The molecule has 0 aliphatic carbocycles. The van der Waals surface area contributed by atoms with Gasteiger partial charge in [0.25, 0.3) is 0 Å². The molecule has 1 unspecified atom stereocenters. The van der Waals surface area contributed by atoms with E-state index >= 15 is 0 Å². The minimum absolute atomic E-state index is 0. The van der Waals surface area contributed by atoms with Crippen molar-refractivity contribution in [2.45, 2.75) is 26.3 Å². The Morgan fingerprint density at radius 1 is 1.53 bits per heavy atom. The first kappa shape index (κ1) is 18.0. The van der Waals surface area contributed by atoms with Gasteiger partial charge in [-0.1, -0.05) is 18.5 Å². The number of nitrogen functional groups attached to an aromatic ring is 1. The van der Waals surface area contributed by atoms with Gasteiger partial charge in [-0.15, -0.1) is 12.4 Å². The maximum absolute atomic E-state index is 11.7. The number of halogens is 2. The number of anilines is 1. The molecule has 108 valence electrons. The normalized spacial score (nSPS) is 11.5. The summed E-state index contributed by atoms with van der Waals surface area (Å²) in [5.41, 5.74) is 6.39. The number of nitrogens with two attached hydrogens (primary N) is 1. The van der Waals surface area contributed by atoms with Gasteiger partial charge in [-0.25, -0.2) is 4.79 Å². The van der Waals surface area contributed by atoms with Crippen LogP contribution >= 0.6 is 24.0 Å². The van der Waals surface area contributed by atoms with Gasteiger partial charge in [0.2, 0.25) is 0 Å². The van der Waals surface area contributed by atoms with E-state index in [2.05, 4.69) is 19.2 Å². The van der Waals surface area contributed by atoms with Crippen LogP contribution < -0.4 is 11.1 Å². The van der Waals surface area contributed by atoms with Gasteiger partial charge in [0.15, 0.2) is 0 Å². The van der Waals surface area contributed by atoms with E-state index in [9.17, 15) is 4.79 Å². The number of ether oxygens (including phenoxy) is 1. The van der Waals surface area contributed by atoms with E-state index in [-0.39, 0.29) is 12.4 Å². The van der Waals surface area contributed by atoms with Crippen LogP contribution in [0.3, 0.4) is 0 Å². The van der Waals surface area contributed by atoms with Crippen LogP contribution in [0.1, 0.15) is 30.6 Å². The van der Waals surface area contributed by atoms with E-state index in [0.29, 0.717) is 35.5 Å². The lowest BCUT2D eigenvalue weighted by Gasteiger charge is -2.11. The summed E-state index contributed by atoms with van der Waals surface area (Å²) in [6.45, 7) is 5.11. The molecule has 0 spiro atoms. The summed E-state index contributed by atoms with van der Waals surface area (Å²) in [5.74, 6) is -0.446. The topological polar surface area (TPSA) is 64.3 Å². The van der Waals surface area contributed by atoms with Crippen LogP contribution in [-0.2, 0) is 4.74 Å². The molecule has 0 heterocycles. The van der Waals surface area contributed by atoms with Crippen molar-refractivity contribution in [3.8, 4) is 0 Å². The monoisotopic (exact) mass is 306 g/mol. The minimum atomic E-state index is -0.446. The second kappa shape index (κ2) is 9.02. The van der Waals surface area contributed by atoms with Gasteiger partial charge in [0.1, 0.15) is 6.61 Å². The average molecular weight is 307 g/mol. The summed E-state index contributed by atoms with van der Waals surface area (Å²) in [7, 11) is 0. The van der Waals surface area contributed by atoms with Crippen LogP contribution in [0.15, 0.2) is 18.2 Å². The number of carbonyl (C=O) groups excluding carboxylic acids is 1. The zero-order chi connectivity index (χ0) is 13.5. The Balaban J connectivity index is 0.00000324. The molecule has 19 heavy (non-hydrogen) atoms. The molecule has 1 aromatic carbocycles. The van der Waals surface area contributed by atoms with Crippen LogP contribution in [-0.4, -0.2) is 25.2 Å². The first-order valence-corrected chi connectivity index (χ1v) is 6.38. The Kier molecular flexibility index (Phi) is 8.56. The number of hydrogen-bond donors (Lipinski definition) is 2. The van der Waals surface area contributed by atoms with E-state index in [1.165, 1.54) is 6.07 Å². The van der Waals surface area contributed by atoms with Gasteiger partial charge in [0, 0.05) is 18.3 Å². The lowest BCUT2D eigenvalue weighted by Crippen LogP contribution is -2.29. The van der Waals surface area contributed by atoms with E-state index < -0.39 is 5.97 Å². The van der Waals surface area contributed by atoms with Crippen molar-refractivity contribution in [2.24, 2.45) is 0 Å². The van der Waals surface area contributed by atoms with Crippen LogP contribution in [0.5, 0.6) is 0 Å². The summed E-state index contributed by atoms with van der Waals surface area (Å²) in [4.78, 5) is 11.7. The Bertz CT molecular complexity index is 414. The smallest absolute Gasteiger partial charge is 0.339 e. The summed E-state index contributed by atoms with van der Waals surface area (Å²) in [6, 6.07) is 5.17.